The van der Waals surface area contributed by atoms with Gasteiger partial charge in [0.2, 0.25) is 5.89 Å². The highest BCUT2D eigenvalue weighted by Crippen LogP contribution is 2.20. The molecular formula is C18H26N4O2. The fraction of sp³-hybridized carbons (Fsp3) is 0.556. The van der Waals surface area contributed by atoms with Crippen molar-refractivity contribution in [3.05, 3.63) is 42.0 Å². The molecule has 0 saturated carbocycles. The summed E-state index contributed by atoms with van der Waals surface area (Å²) in [6.45, 7) is 10.0. The van der Waals surface area contributed by atoms with Crippen LogP contribution in [0.2, 0.25) is 0 Å². The Labute approximate surface area is 143 Å². The summed E-state index contributed by atoms with van der Waals surface area (Å²) in [5.41, 5.74) is 0. The van der Waals surface area contributed by atoms with Gasteiger partial charge in [-0.25, -0.2) is 0 Å². The molecule has 1 aliphatic heterocycles. The first kappa shape index (κ1) is 16.9. The summed E-state index contributed by atoms with van der Waals surface area (Å²) in [5.74, 6) is 2.37. The van der Waals surface area contributed by atoms with E-state index in [-0.39, 0.29) is 6.04 Å². The summed E-state index contributed by atoms with van der Waals surface area (Å²) in [6, 6.07) is 10.2. The zero-order valence-electron chi connectivity index (χ0n) is 14.5. The number of piperazine rings is 1. The van der Waals surface area contributed by atoms with Gasteiger partial charge in [-0.1, -0.05) is 23.4 Å². The monoisotopic (exact) mass is 330 g/mol. The largest absolute Gasteiger partial charge is 0.494 e. The maximum atomic E-state index is 5.75. The van der Waals surface area contributed by atoms with E-state index < -0.39 is 0 Å². The number of benzene rings is 1. The minimum absolute atomic E-state index is 0.190. The molecule has 3 rings (SSSR count). The Morgan fingerprint density at radius 2 is 1.92 bits per heavy atom. The summed E-state index contributed by atoms with van der Waals surface area (Å²) in [6.07, 6.45) is 1.05. The lowest BCUT2D eigenvalue weighted by Crippen LogP contribution is -2.47. The Morgan fingerprint density at radius 1 is 1.17 bits per heavy atom. The van der Waals surface area contributed by atoms with Crippen LogP contribution in [0.3, 0.4) is 0 Å². The number of hydrogen-bond acceptors (Lipinski definition) is 6. The molecule has 6 nitrogen and oxygen atoms in total. The number of aryl methyl sites for hydroxylation is 1. The molecule has 1 aromatic heterocycles. The summed E-state index contributed by atoms with van der Waals surface area (Å²) in [5, 5.41) is 3.89. The maximum absolute atomic E-state index is 5.75. The lowest BCUT2D eigenvalue weighted by molar-refractivity contribution is 0.0852. The van der Waals surface area contributed by atoms with Crippen molar-refractivity contribution in [3.8, 4) is 5.75 Å². The lowest BCUT2D eigenvalue weighted by Gasteiger charge is -2.36. The van der Waals surface area contributed by atoms with E-state index in [0.717, 1.165) is 57.4 Å². The zero-order valence-corrected chi connectivity index (χ0v) is 14.5. The SMILES string of the molecule is Cc1noc([C@@H](C)N2CCN(CCCOc3ccccc3)CC2)n1. The van der Waals surface area contributed by atoms with Crippen molar-refractivity contribution in [2.45, 2.75) is 26.3 Å². The van der Waals surface area contributed by atoms with Gasteiger partial charge in [0.1, 0.15) is 5.75 Å². The van der Waals surface area contributed by atoms with Gasteiger partial charge in [-0.05, 0) is 32.4 Å². The first-order valence-corrected chi connectivity index (χ1v) is 8.67. The number of aromatic nitrogens is 2. The smallest absolute Gasteiger partial charge is 0.243 e. The van der Waals surface area contributed by atoms with E-state index in [9.17, 15) is 0 Å². The topological polar surface area (TPSA) is 54.6 Å². The summed E-state index contributed by atoms with van der Waals surface area (Å²) in [4.78, 5) is 9.25. The molecule has 0 radical (unpaired) electrons. The highest BCUT2D eigenvalue weighted by Gasteiger charge is 2.25. The quantitative estimate of drug-likeness (QED) is 0.727. The minimum atomic E-state index is 0.190. The summed E-state index contributed by atoms with van der Waals surface area (Å²) in [7, 11) is 0. The normalized spacial score (nSPS) is 17.8. The van der Waals surface area contributed by atoms with E-state index in [1.807, 2.05) is 37.3 Å². The van der Waals surface area contributed by atoms with E-state index in [4.69, 9.17) is 9.26 Å². The van der Waals surface area contributed by atoms with Gasteiger partial charge in [-0.15, -0.1) is 0 Å². The first-order chi connectivity index (χ1) is 11.7. The fourth-order valence-corrected chi connectivity index (χ4v) is 3.01. The van der Waals surface area contributed by atoms with E-state index in [1.54, 1.807) is 0 Å². The molecule has 1 aromatic carbocycles. The van der Waals surface area contributed by atoms with Crippen molar-refractivity contribution in [1.29, 1.82) is 0 Å². The Kier molecular flexibility index (Phi) is 5.82. The average Bonchev–Trinajstić information content (AvgIpc) is 3.06. The standard InChI is InChI=1S/C18H26N4O2/c1-15(18-19-16(2)20-24-18)22-12-10-21(11-13-22)9-6-14-23-17-7-4-3-5-8-17/h3-5,7-8,15H,6,9-14H2,1-2H3/t15-/m1/s1. The minimum Gasteiger partial charge on any atom is -0.494 e. The molecule has 0 aliphatic carbocycles. The molecule has 1 fully saturated rings. The van der Waals surface area contributed by atoms with Crippen LogP contribution in [0, 0.1) is 6.92 Å². The molecule has 1 saturated heterocycles. The highest BCUT2D eigenvalue weighted by molar-refractivity contribution is 5.20. The Morgan fingerprint density at radius 3 is 2.58 bits per heavy atom. The molecule has 0 unspecified atom stereocenters. The van der Waals surface area contributed by atoms with Crippen LogP contribution >= 0.6 is 0 Å². The van der Waals surface area contributed by atoms with E-state index in [2.05, 4.69) is 26.9 Å². The van der Waals surface area contributed by atoms with Gasteiger partial charge in [0.05, 0.1) is 12.6 Å². The number of ether oxygens (including phenoxy) is 1. The van der Waals surface area contributed by atoms with Crippen molar-refractivity contribution < 1.29 is 9.26 Å². The van der Waals surface area contributed by atoms with E-state index in [1.165, 1.54) is 0 Å². The van der Waals surface area contributed by atoms with Gasteiger partial charge >= 0.3 is 0 Å². The van der Waals surface area contributed by atoms with Crippen LogP contribution in [0.1, 0.15) is 31.1 Å². The van der Waals surface area contributed by atoms with E-state index >= 15 is 0 Å². The summed E-state index contributed by atoms with van der Waals surface area (Å²) >= 11 is 0. The Bertz CT molecular complexity index is 608. The molecule has 1 atom stereocenters. The Hall–Kier alpha value is -1.92. The van der Waals surface area contributed by atoms with Crippen LogP contribution in [-0.4, -0.2) is 59.3 Å². The Balaban J connectivity index is 1.35. The van der Waals surface area contributed by atoms with E-state index in [0.29, 0.717) is 5.82 Å². The molecule has 0 spiro atoms. The predicted octanol–water partition coefficient (Wildman–Crippen LogP) is 2.53. The van der Waals surface area contributed by atoms with Gasteiger partial charge in [-0.3, -0.25) is 4.90 Å². The molecular weight excluding hydrogens is 304 g/mol. The number of hydrogen-bond donors (Lipinski definition) is 0. The number of rotatable bonds is 7. The average molecular weight is 330 g/mol. The van der Waals surface area contributed by atoms with Crippen molar-refractivity contribution in [3.63, 3.8) is 0 Å². The fourth-order valence-electron chi connectivity index (χ4n) is 3.01. The maximum Gasteiger partial charge on any atom is 0.243 e. The molecule has 0 bridgehead atoms. The van der Waals surface area contributed by atoms with Gasteiger partial charge in [0.15, 0.2) is 5.82 Å². The van der Waals surface area contributed by atoms with Gasteiger partial charge in [0, 0.05) is 32.7 Å². The van der Waals surface area contributed by atoms with Crippen molar-refractivity contribution in [2.75, 3.05) is 39.3 Å². The third-order valence-electron chi connectivity index (χ3n) is 4.49. The molecule has 2 aromatic rings. The molecule has 2 heterocycles. The third-order valence-corrected chi connectivity index (χ3v) is 4.49. The van der Waals surface area contributed by atoms with Crippen molar-refractivity contribution in [2.24, 2.45) is 0 Å². The highest BCUT2D eigenvalue weighted by atomic mass is 16.5. The molecule has 1 aliphatic rings. The first-order valence-electron chi connectivity index (χ1n) is 8.67. The molecule has 0 N–H and O–H groups in total. The van der Waals surface area contributed by atoms with Crippen LogP contribution in [0.5, 0.6) is 5.75 Å². The second-order valence-corrected chi connectivity index (χ2v) is 6.25. The van der Waals surface area contributed by atoms with Crippen LogP contribution in [0.4, 0.5) is 0 Å². The molecule has 130 valence electrons. The second kappa shape index (κ2) is 8.26. The predicted molar refractivity (Wildman–Crippen MR) is 92.0 cm³/mol. The van der Waals surface area contributed by atoms with Gasteiger partial charge < -0.3 is 14.2 Å². The van der Waals surface area contributed by atoms with Gasteiger partial charge in [-0.2, -0.15) is 4.98 Å². The molecule has 24 heavy (non-hydrogen) atoms. The van der Waals surface area contributed by atoms with Crippen molar-refractivity contribution >= 4 is 0 Å². The van der Waals surface area contributed by atoms with Gasteiger partial charge in [0.25, 0.3) is 0 Å². The second-order valence-electron chi connectivity index (χ2n) is 6.25. The van der Waals surface area contributed by atoms with Crippen molar-refractivity contribution in [1.82, 2.24) is 19.9 Å². The zero-order chi connectivity index (χ0) is 16.8. The number of nitrogens with zero attached hydrogens (tertiary/aromatic N) is 4. The molecule has 6 heteroatoms. The lowest BCUT2D eigenvalue weighted by atomic mass is 10.2. The molecule has 0 amide bonds. The van der Waals surface area contributed by atoms with Crippen LogP contribution in [-0.2, 0) is 0 Å². The number of para-hydroxylation sites is 1. The van der Waals surface area contributed by atoms with Crippen LogP contribution < -0.4 is 4.74 Å². The summed E-state index contributed by atoms with van der Waals surface area (Å²) < 4.78 is 11.0. The van der Waals surface area contributed by atoms with Crippen LogP contribution in [0.15, 0.2) is 34.9 Å². The third kappa shape index (κ3) is 4.55. The van der Waals surface area contributed by atoms with Crippen LogP contribution in [0.25, 0.3) is 0 Å².